The fraction of sp³-hybridized carbons (Fsp3) is 0.562. The van der Waals surface area contributed by atoms with Gasteiger partial charge in [-0.3, -0.25) is 4.79 Å². The van der Waals surface area contributed by atoms with Crippen molar-refractivity contribution >= 4 is 5.91 Å². The molecule has 0 unspecified atom stereocenters. The molecular weight excluding hydrogens is 252 g/mol. The van der Waals surface area contributed by atoms with Crippen LogP contribution in [0.1, 0.15) is 31.2 Å². The van der Waals surface area contributed by atoms with E-state index in [1.165, 1.54) is 6.42 Å². The van der Waals surface area contributed by atoms with Crippen molar-refractivity contribution in [3.05, 3.63) is 35.9 Å². The van der Waals surface area contributed by atoms with E-state index in [1.54, 1.807) is 0 Å². The van der Waals surface area contributed by atoms with E-state index in [0.717, 1.165) is 18.4 Å². The van der Waals surface area contributed by atoms with Crippen LogP contribution in [0.2, 0.25) is 0 Å². The minimum absolute atomic E-state index is 0.0204. The zero-order valence-electron chi connectivity index (χ0n) is 11.9. The molecule has 110 valence electrons. The van der Waals surface area contributed by atoms with Gasteiger partial charge in [0.2, 0.25) is 5.91 Å². The number of aliphatic hydroxyl groups is 1. The molecule has 3 N–H and O–H groups in total. The van der Waals surface area contributed by atoms with Gasteiger partial charge in [0.25, 0.3) is 0 Å². The zero-order chi connectivity index (χ0) is 14.4. The molecule has 1 aromatic carbocycles. The number of hydrogen-bond donors (Lipinski definition) is 2. The SMILES string of the molecule is N[C@@H](Cc1ccccc1)C(=O)N(CCCO)C1CCC1. The van der Waals surface area contributed by atoms with Crippen LogP contribution in [0.3, 0.4) is 0 Å². The average Bonchev–Trinajstić information content (AvgIpc) is 2.41. The Morgan fingerprint density at radius 2 is 2.05 bits per heavy atom. The van der Waals surface area contributed by atoms with E-state index in [4.69, 9.17) is 10.8 Å². The Kier molecular flexibility index (Phi) is 5.56. The molecule has 2 rings (SSSR count). The summed E-state index contributed by atoms with van der Waals surface area (Å²) < 4.78 is 0. The number of nitrogens with two attached hydrogens (primary N) is 1. The number of nitrogens with zero attached hydrogens (tertiary/aromatic N) is 1. The molecule has 1 aliphatic carbocycles. The van der Waals surface area contributed by atoms with Gasteiger partial charge in [-0.25, -0.2) is 0 Å². The summed E-state index contributed by atoms with van der Waals surface area (Å²) in [6.07, 6.45) is 4.51. The lowest BCUT2D eigenvalue weighted by molar-refractivity contribution is -0.136. The van der Waals surface area contributed by atoms with Gasteiger partial charge >= 0.3 is 0 Å². The molecule has 1 fully saturated rings. The monoisotopic (exact) mass is 276 g/mol. The largest absolute Gasteiger partial charge is 0.396 e. The van der Waals surface area contributed by atoms with Gasteiger partial charge < -0.3 is 15.7 Å². The summed E-state index contributed by atoms with van der Waals surface area (Å²) in [6.45, 7) is 0.729. The Balaban J connectivity index is 1.95. The third-order valence-corrected chi connectivity index (χ3v) is 3.97. The highest BCUT2D eigenvalue weighted by Gasteiger charge is 2.31. The third-order valence-electron chi connectivity index (χ3n) is 3.97. The summed E-state index contributed by atoms with van der Waals surface area (Å²) in [6, 6.07) is 9.71. The van der Waals surface area contributed by atoms with E-state index in [-0.39, 0.29) is 12.5 Å². The molecule has 0 bridgehead atoms. The Hall–Kier alpha value is -1.39. The molecule has 1 aliphatic rings. The minimum atomic E-state index is -0.489. The average molecular weight is 276 g/mol. The van der Waals surface area contributed by atoms with Crippen molar-refractivity contribution in [2.24, 2.45) is 5.73 Å². The molecule has 0 aliphatic heterocycles. The number of aliphatic hydroxyl groups excluding tert-OH is 1. The van der Waals surface area contributed by atoms with Gasteiger partial charge in [-0.1, -0.05) is 30.3 Å². The van der Waals surface area contributed by atoms with Crippen LogP contribution in [0.4, 0.5) is 0 Å². The van der Waals surface area contributed by atoms with Gasteiger partial charge in [0.1, 0.15) is 0 Å². The first kappa shape index (κ1) is 15.0. The van der Waals surface area contributed by atoms with Gasteiger partial charge in [-0.05, 0) is 37.7 Å². The predicted molar refractivity (Wildman–Crippen MR) is 79.2 cm³/mol. The van der Waals surface area contributed by atoms with Gasteiger partial charge in [0.05, 0.1) is 6.04 Å². The fourth-order valence-electron chi connectivity index (χ4n) is 2.58. The lowest BCUT2D eigenvalue weighted by atomic mass is 9.90. The Morgan fingerprint density at radius 3 is 2.60 bits per heavy atom. The molecular formula is C16H24N2O2. The van der Waals surface area contributed by atoms with Crippen molar-refractivity contribution < 1.29 is 9.90 Å². The second kappa shape index (κ2) is 7.41. The number of carbonyl (C=O) groups excluding carboxylic acids is 1. The summed E-state index contributed by atoms with van der Waals surface area (Å²) in [5.41, 5.74) is 7.17. The standard InChI is InChI=1S/C16H24N2O2/c17-15(12-13-6-2-1-3-7-13)16(20)18(10-5-11-19)14-8-4-9-14/h1-3,6-7,14-15,19H,4-5,8-12,17H2/t15-/m0/s1. The maximum atomic E-state index is 12.5. The van der Waals surface area contributed by atoms with Gasteiger partial charge in [-0.15, -0.1) is 0 Å². The van der Waals surface area contributed by atoms with E-state index in [2.05, 4.69) is 0 Å². The summed E-state index contributed by atoms with van der Waals surface area (Å²) >= 11 is 0. The van der Waals surface area contributed by atoms with E-state index >= 15 is 0 Å². The molecule has 1 atom stereocenters. The highest BCUT2D eigenvalue weighted by molar-refractivity contribution is 5.82. The molecule has 20 heavy (non-hydrogen) atoms. The van der Waals surface area contributed by atoms with Crippen LogP contribution < -0.4 is 5.73 Å². The van der Waals surface area contributed by atoms with Gasteiger partial charge in [0.15, 0.2) is 0 Å². The normalized spacial score (nSPS) is 16.5. The molecule has 0 aromatic heterocycles. The Morgan fingerprint density at radius 1 is 1.35 bits per heavy atom. The van der Waals surface area contributed by atoms with Crippen LogP contribution in [-0.4, -0.2) is 41.1 Å². The highest BCUT2D eigenvalue weighted by Crippen LogP contribution is 2.25. The summed E-state index contributed by atoms with van der Waals surface area (Å²) in [5.74, 6) is 0.0204. The third kappa shape index (κ3) is 3.81. The summed E-state index contributed by atoms with van der Waals surface area (Å²) in [4.78, 5) is 14.4. The van der Waals surface area contributed by atoms with Crippen LogP contribution in [0.15, 0.2) is 30.3 Å². The van der Waals surface area contributed by atoms with E-state index in [1.807, 2.05) is 35.2 Å². The number of carbonyl (C=O) groups is 1. The Labute approximate surface area is 120 Å². The van der Waals surface area contributed by atoms with Crippen molar-refractivity contribution in [1.82, 2.24) is 4.90 Å². The maximum absolute atomic E-state index is 12.5. The topological polar surface area (TPSA) is 66.6 Å². The molecule has 1 amide bonds. The van der Waals surface area contributed by atoms with Gasteiger partial charge in [-0.2, -0.15) is 0 Å². The molecule has 0 heterocycles. The number of hydrogen-bond acceptors (Lipinski definition) is 3. The summed E-state index contributed by atoms with van der Waals surface area (Å²) in [7, 11) is 0. The van der Waals surface area contributed by atoms with Crippen molar-refractivity contribution in [2.45, 2.75) is 44.2 Å². The fourth-order valence-corrected chi connectivity index (χ4v) is 2.58. The van der Waals surface area contributed by atoms with Crippen molar-refractivity contribution in [3.8, 4) is 0 Å². The van der Waals surface area contributed by atoms with Crippen molar-refractivity contribution in [3.63, 3.8) is 0 Å². The molecule has 1 saturated carbocycles. The lowest BCUT2D eigenvalue weighted by Crippen LogP contribution is -2.52. The molecule has 0 spiro atoms. The van der Waals surface area contributed by atoms with Crippen LogP contribution in [0.25, 0.3) is 0 Å². The van der Waals surface area contributed by atoms with Crippen molar-refractivity contribution in [2.75, 3.05) is 13.2 Å². The predicted octanol–water partition coefficient (Wildman–Crippen LogP) is 1.32. The van der Waals surface area contributed by atoms with Crippen LogP contribution >= 0.6 is 0 Å². The first-order valence-electron chi connectivity index (χ1n) is 7.43. The first-order chi connectivity index (χ1) is 9.72. The highest BCUT2D eigenvalue weighted by atomic mass is 16.3. The van der Waals surface area contributed by atoms with Gasteiger partial charge in [0, 0.05) is 19.2 Å². The van der Waals surface area contributed by atoms with Crippen LogP contribution in [0, 0.1) is 0 Å². The van der Waals surface area contributed by atoms with Crippen molar-refractivity contribution in [1.29, 1.82) is 0 Å². The van der Waals surface area contributed by atoms with Crippen LogP contribution in [-0.2, 0) is 11.2 Å². The molecule has 0 saturated heterocycles. The van der Waals surface area contributed by atoms with E-state index in [0.29, 0.717) is 25.4 Å². The molecule has 0 radical (unpaired) electrons. The van der Waals surface area contributed by atoms with E-state index in [9.17, 15) is 4.79 Å². The molecule has 4 heteroatoms. The van der Waals surface area contributed by atoms with E-state index < -0.39 is 6.04 Å². The maximum Gasteiger partial charge on any atom is 0.240 e. The zero-order valence-corrected chi connectivity index (χ0v) is 11.9. The lowest BCUT2D eigenvalue weighted by Gasteiger charge is -2.39. The minimum Gasteiger partial charge on any atom is -0.396 e. The second-order valence-electron chi connectivity index (χ2n) is 5.49. The van der Waals surface area contributed by atoms with Crippen LogP contribution in [0.5, 0.6) is 0 Å². The number of rotatable bonds is 7. The first-order valence-corrected chi connectivity index (χ1v) is 7.43. The summed E-state index contributed by atoms with van der Waals surface area (Å²) in [5, 5.41) is 8.97. The number of amides is 1. The quantitative estimate of drug-likeness (QED) is 0.789. The molecule has 4 nitrogen and oxygen atoms in total. The second-order valence-corrected chi connectivity index (χ2v) is 5.49. The number of benzene rings is 1. The smallest absolute Gasteiger partial charge is 0.240 e. The Bertz CT molecular complexity index is 418. The molecule has 1 aromatic rings.